The van der Waals surface area contributed by atoms with Crippen LogP contribution < -0.4 is 10.1 Å². The average molecular weight is 399 g/mol. The number of rotatable bonds is 5. The maximum absolute atomic E-state index is 12.8. The summed E-state index contributed by atoms with van der Waals surface area (Å²) in [6.45, 7) is 0. The molecule has 2 fully saturated rings. The number of nitriles is 1. The maximum atomic E-state index is 12.8. The fraction of sp³-hybridized carbons (Fsp3) is 0.261. The van der Waals surface area contributed by atoms with E-state index < -0.39 is 0 Å². The van der Waals surface area contributed by atoms with Gasteiger partial charge in [-0.15, -0.1) is 0 Å². The number of fused-ring (bicyclic) bond motifs is 2. The lowest BCUT2D eigenvalue weighted by molar-refractivity contribution is 0.0923. The van der Waals surface area contributed by atoms with E-state index in [4.69, 9.17) is 4.74 Å². The van der Waals surface area contributed by atoms with Crippen molar-refractivity contribution in [2.45, 2.75) is 37.4 Å². The van der Waals surface area contributed by atoms with Crippen molar-refractivity contribution >= 4 is 5.91 Å². The van der Waals surface area contributed by atoms with Gasteiger partial charge in [0.1, 0.15) is 11.5 Å². The van der Waals surface area contributed by atoms with E-state index in [1.54, 1.807) is 6.07 Å². The molecule has 0 spiro atoms. The van der Waals surface area contributed by atoms with E-state index in [-0.39, 0.29) is 24.0 Å². The van der Waals surface area contributed by atoms with Crippen LogP contribution >= 0.6 is 0 Å². The Morgan fingerprint density at radius 3 is 2.77 bits per heavy atom. The minimum Gasteiger partial charge on any atom is -0.457 e. The van der Waals surface area contributed by atoms with Gasteiger partial charge in [-0.2, -0.15) is 10.4 Å². The van der Waals surface area contributed by atoms with E-state index in [1.807, 2.05) is 59.5 Å². The predicted molar refractivity (Wildman–Crippen MR) is 111 cm³/mol. The number of carbonyl (C=O) groups excluding carboxylic acids is 1. The molecule has 2 N–H and O–H groups in total. The van der Waals surface area contributed by atoms with Crippen molar-refractivity contribution < 1.29 is 9.53 Å². The fourth-order valence-electron chi connectivity index (χ4n) is 4.51. The van der Waals surface area contributed by atoms with E-state index in [0.717, 1.165) is 30.6 Å². The van der Waals surface area contributed by atoms with Gasteiger partial charge in [0.15, 0.2) is 11.9 Å². The van der Waals surface area contributed by atoms with Gasteiger partial charge in [-0.1, -0.05) is 30.3 Å². The maximum Gasteiger partial charge on any atom is 0.272 e. The molecule has 7 nitrogen and oxygen atoms in total. The van der Waals surface area contributed by atoms with E-state index in [1.165, 1.54) is 0 Å². The van der Waals surface area contributed by atoms with Gasteiger partial charge in [0.2, 0.25) is 0 Å². The summed E-state index contributed by atoms with van der Waals surface area (Å²) < 4.78 is 6.01. The molecular formula is C23H21N5O2. The van der Waals surface area contributed by atoms with Crippen LogP contribution in [0.4, 0.5) is 0 Å². The number of hydrogen-bond acceptors (Lipinski definition) is 5. The topological polar surface area (TPSA) is 94.0 Å². The number of hydrogen-bond donors (Lipinski definition) is 2. The number of amides is 1. The molecule has 7 heteroatoms. The number of ether oxygens (including phenoxy) is 1. The van der Waals surface area contributed by atoms with Crippen molar-refractivity contribution in [1.82, 2.24) is 20.4 Å². The highest BCUT2D eigenvalue weighted by Gasteiger charge is 2.46. The van der Waals surface area contributed by atoms with Crippen molar-refractivity contribution in [2.24, 2.45) is 0 Å². The number of nitrogens with one attached hydrogen (secondary N) is 2. The smallest absolute Gasteiger partial charge is 0.272 e. The molecule has 1 aromatic heterocycles. The molecule has 1 amide bonds. The first kappa shape index (κ1) is 18.3. The second-order valence-corrected chi connectivity index (χ2v) is 7.70. The van der Waals surface area contributed by atoms with Crippen LogP contribution in [0.1, 0.15) is 29.8 Å². The summed E-state index contributed by atoms with van der Waals surface area (Å²) in [5.74, 6) is 1.19. The molecule has 5 rings (SSSR count). The highest BCUT2D eigenvalue weighted by molar-refractivity contribution is 5.93. The number of benzene rings is 2. The van der Waals surface area contributed by atoms with Gasteiger partial charge in [0.25, 0.3) is 5.91 Å². The fourth-order valence-corrected chi connectivity index (χ4v) is 4.51. The SMILES string of the molecule is N#CN1[C@@H]2CC[C@H]1[C@@H](NC(=O)c1cc(-c3ccccc3Oc3ccccc3)[nH]n1)C2. The van der Waals surface area contributed by atoms with Crippen molar-refractivity contribution in [2.75, 3.05) is 0 Å². The Morgan fingerprint density at radius 1 is 1.17 bits per heavy atom. The molecule has 2 aliphatic rings. The number of para-hydroxylation sites is 2. The third-order valence-electron chi connectivity index (χ3n) is 5.93. The Balaban J connectivity index is 1.33. The van der Waals surface area contributed by atoms with Gasteiger partial charge in [-0.3, -0.25) is 9.89 Å². The van der Waals surface area contributed by atoms with Crippen LogP contribution in [0.5, 0.6) is 11.5 Å². The summed E-state index contributed by atoms with van der Waals surface area (Å²) in [5, 5.41) is 19.5. The zero-order valence-electron chi connectivity index (χ0n) is 16.3. The summed E-state index contributed by atoms with van der Waals surface area (Å²) >= 11 is 0. The zero-order chi connectivity index (χ0) is 20.5. The lowest BCUT2D eigenvalue weighted by atomic mass is 9.95. The Morgan fingerprint density at radius 2 is 1.97 bits per heavy atom. The van der Waals surface area contributed by atoms with Crippen LogP contribution in [-0.2, 0) is 0 Å². The molecule has 2 aromatic carbocycles. The zero-order valence-corrected chi connectivity index (χ0v) is 16.3. The molecule has 2 saturated heterocycles. The highest BCUT2D eigenvalue weighted by atomic mass is 16.5. The van der Waals surface area contributed by atoms with Crippen molar-refractivity contribution in [1.29, 1.82) is 5.26 Å². The first-order chi connectivity index (χ1) is 14.7. The lowest BCUT2D eigenvalue weighted by Crippen LogP contribution is -2.43. The molecule has 2 bridgehead atoms. The second kappa shape index (κ2) is 7.56. The van der Waals surface area contributed by atoms with Gasteiger partial charge in [0.05, 0.1) is 17.8 Å². The van der Waals surface area contributed by atoms with Gasteiger partial charge in [-0.05, 0) is 49.6 Å². The Hall–Kier alpha value is -3.79. The Labute approximate surface area is 174 Å². The van der Waals surface area contributed by atoms with E-state index in [2.05, 4.69) is 21.7 Å². The monoisotopic (exact) mass is 399 g/mol. The minimum atomic E-state index is -0.227. The molecule has 0 radical (unpaired) electrons. The summed E-state index contributed by atoms with van der Waals surface area (Å²) in [4.78, 5) is 14.6. The number of H-pyrrole nitrogens is 1. The largest absolute Gasteiger partial charge is 0.457 e. The number of aromatic amines is 1. The second-order valence-electron chi connectivity index (χ2n) is 7.70. The summed E-state index contributed by atoms with van der Waals surface area (Å²) in [7, 11) is 0. The van der Waals surface area contributed by atoms with Crippen molar-refractivity contribution in [3.8, 4) is 28.9 Å². The Bertz CT molecular complexity index is 1100. The third kappa shape index (κ3) is 3.26. The van der Waals surface area contributed by atoms with Crippen molar-refractivity contribution in [3.05, 3.63) is 66.4 Å². The molecule has 3 aromatic rings. The first-order valence-electron chi connectivity index (χ1n) is 10.1. The van der Waals surface area contributed by atoms with E-state index >= 15 is 0 Å². The number of carbonyl (C=O) groups is 1. The minimum absolute atomic E-state index is 0.00949. The van der Waals surface area contributed by atoms with Crippen molar-refractivity contribution in [3.63, 3.8) is 0 Å². The molecule has 0 saturated carbocycles. The van der Waals surface area contributed by atoms with Crippen LogP contribution in [0.15, 0.2) is 60.7 Å². The van der Waals surface area contributed by atoms with Gasteiger partial charge in [-0.25, -0.2) is 0 Å². The standard InChI is InChI=1S/C23H21N5O2/c24-14-28-15-10-11-21(28)19(12-15)25-23(29)20-13-18(26-27-20)17-8-4-5-9-22(17)30-16-6-2-1-3-7-16/h1-9,13,15,19,21H,10-12H2,(H,25,29)(H,26,27)/t15-,19+,21+/m1/s1. The van der Waals surface area contributed by atoms with Gasteiger partial charge >= 0.3 is 0 Å². The molecule has 0 aliphatic carbocycles. The molecule has 3 atom stereocenters. The van der Waals surface area contributed by atoms with Crippen LogP contribution in [-0.4, -0.2) is 39.1 Å². The van der Waals surface area contributed by atoms with Crippen LogP contribution in [0.2, 0.25) is 0 Å². The quantitative estimate of drug-likeness (QED) is 0.638. The molecule has 30 heavy (non-hydrogen) atoms. The summed E-state index contributed by atoms with van der Waals surface area (Å²) in [6.07, 6.45) is 5.05. The van der Waals surface area contributed by atoms with Crippen LogP contribution in [0.3, 0.4) is 0 Å². The molecule has 2 aliphatic heterocycles. The third-order valence-corrected chi connectivity index (χ3v) is 5.93. The molecule has 150 valence electrons. The predicted octanol–water partition coefficient (Wildman–Crippen LogP) is 3.69. The molecule has 0 unspecified atom stereocenters. The van der Waals surface area contributed by atoms with Gasteiger partial charge < -0.3 is 15.0 Å². The lowest BCUT2D eigenvalue weighted by Gasteiger charge is -2.21. The number of aromatic nitrogens is 2. The molecule has 3 heterocycles. The van der Waals surface area contributed by atoms with Crippen LogP contribution in [0.25, 0.3) is 11.3 Å². The number of nitrogens with zero attached hydrogens (tertiary/aromatic N) is 3. The summed E-state index contributed by atoms with van der Waals surface area (Å²) in [6, 6.07) is 19.3. The average Bonchev–Trinajstić information content (AvgIpc) is 3.49. The molecular weight excluding hydrogens is 378 g/mol. The van der Waals surface area contributed by atoms with E-state index in [9.17, 15) is 10.1 Å². The van der Waals surface area contributed by atoms with Gasteiger partial charge in [0, 0.05) is 11.6 Å². The first-order valence-corrected chi connectivity index (χ1v) is 10.1. The van der Waals surface area contributed by atoms with Crippen LogP contribution in [0, 0.1) is 11.5 Å². The highest BCUT2D eigenvalue weighted by Crippen LogP contribution is 2.37. The summed E-state index contributed by atoms with van der Waals surface area (Å²) in [5.41, 5.74) is 1.85. The Kier molecular flexibility index (Phi) is 4.60. The van der Waals surface area contributed by atoms with E-state index in [0.29, 0.717) is 17.1 Å². The normalized spacial score (nSPS) is 22.0.